The van der Waals surface area contributed by atoms with Crippen LogP contribution >= 0.6 is 0 Å². The summed E-state index contributed by atoms with van der Waals surface area (Å²) in [7, 11) is 3.21. The van der Waals surface area contributed by atoms with Crippen LogP contribution in [0.1, 0.15) is 50.2 Å². The molecule has 3 aromatic rings. The van der Waals surface area contributed by atoms with Gasteiger partial charge in [-0.05, 0) is 44.0 Å². The minimum Gasteiger partial charge on any atom is -0.469 e. The molecule has 0 fully saturated rings. The van der Waals surface area contributed by atoms with Gasteiger partial charge in [0, 0.05) is 6.42 Å². The first-order valence-electron chi connectivity index (χ1n) is 12.2. The monoisotopic (exact) mass is 498 g/mol. The van der Waals surface area contributed by atoms with Crippen LogP contribution in [0.5, 0.6) is 6.01 Å². The number of hydrogen-bond donors (Lipinski definition) is 3. The number of imidazole rings is 1. The second-order valence-corrected chi connectivity index (χ2v) is 8.45. The van der Waals surface area contributed by atoms with Gasteiger partial charge in [0.05, 0.1) is 26.7 Å². The average Bonchev–Trinajstić information content (AvgIpc) is 3.17. The molecule has 3 N–H and O–H groups in total. The number of carbonyl (C=O) groups excluding carboxylic acids is 2. The third-order valence-electron chi connectivity index (χ3n) is 5.58. The predicted octanol–water partition coefficient (Wildman–Crippen LogP) is 2.39. The van der Waals surface area contributed by atoms with E-state index in [0.29, 0.717) is 24.2 Å². The Hall–Kier alpha value is -3.73. The summed E-state index contributed by atoms with van der Waals surface area (Å²) < 4.78 is 11.9. The maximum Gasteiger partial charge on any atom is 0.328 e. The van der Waals surface area contributed by atoms with Gasteiger partial charge < -0.3 is 25.1 Å². The van der Waals surface area contributed by atoms with E-state index in [-0.39, 0.29) is 36.7 Å². The molecular weight excluding hydrogens is 464 g/mol. The molecular formula is C25H34N6O5. The second kappa shape index (κ2) is 13.4. The number of benzene rings is 1. The molecule has 36 heavy (non-hydrogen) atoms. The normalized spacial score (nSPS) is 11.0. The van der Waals surface area contributed by atoms with Crippen molar-refractivity contribution in [2.75, 3.05) is 32.6 Å². The van der Waals surface area contributed by atoms with Gasteiger partial charge >= 0.3 is 17.7 Å². The molecule has 0 bridgehead atoms. The number of amides is 1. The van der Waals surface area contributed by atoms with Crippen LogP contribution in [0.4, 0.5) is 5.82 Å². The molecule has 0 spiro atoms. The van der Waals surface area contributed by atoms with Crippen molar-refractivity contribution in [3.05, 3.63) is 45.9 Å². The van der Waals surface area contributed by atoms with Gasteiger partial charge in [0.2, 0.25) is 5.91 Å². The number of fused-ring (bicyclic) bond motifs is 1. The number of H-pyrrole nitrogens is 1. The third kappa shape index (κ3) is 7.38. The number of nitrogens with zero attached hydrogens (tertiary/aromatic N) is 3. The molecule has 2 aromatic heterocycles. The Morgan fingerprint density at radius 3 is 2.69 bits per heavy atom. The maximum absolute atomic E-state index is 12.9. The average molecular weight is 499 g/mol. The lowest BCUT2D eigenvalue weighted by atomic mass is 10.1. The lowest BCUT2D eigenvalue weighted by Gasteiger charge is -2.10. The van der Waals surface area contributed by atoms with Gasteiger partial charge in [-0.3, -0.25) is 14.2 Å². The highest BCUT2D eigenvalue weighted by molar-refractivity contribution is 5.97. The highest BCUT2D eigenvalue weighted by Gasteiger charge is 2.18. The maximum atomic E-state index is 12.9. The van der Waals surface area contributed by atoms with E-state index in [1.807, 2.05) is 38.2 Å². The molecule has 0 saturated carbocycles. The number of ether oxygens (including phenoxy) is 2. The zero-order valence-corrected chi connectivity index (χ0v) is 21.1. The molecule has 0 atom stereocenters. The first kappa shape index (κ1) is 26.9. The fraction of sp³-hybridized carbons (Fsp3) is 0.480. The number of nitrogens with one attached hydrogen (secondary N) is 3. The number of methoxy groups -OCH3 is 1. The summed E-state index contributed by atoms with van der Waals surface area (Å²) in [5.74, 6) is -0.334. The molecule has 0 aliphatic carbocycles. The van der Waals surface area contributed by atoms with E-state index in [0.717, 1.165) is 43.4 Å². The lowest BCUT2D eigenvalue weighted by molar-refractivity contribution is -0.139. The molecule has 11 heteroatoms. The molecule has 0 unspecified atom stereocenters. The van der Waals surface area contributed by atoms with E-state index in [4.69, 9.17) is 9.47 Å². The highest BCUT2D eigenvalue weighted by atomic mass is 16.5. The van der Waals surface area contributed by atoms with Crippen LogP contribution in [-0.2, 0) is 27.3 Å². The summed E-state index contributed by atoms with van der Waals surface area (Å²) in [5.41, 5.74) is 1.84. The van der Waals surface area contributed by atoms with E-state index in [2.05, 4.69) is 25.6 Å². The van der Waals surface area contributed by atoms with Gasteiger partial charge in [0.15, 0.2) is 11.5 Å². The Balaban J connectivity index is 1.91. The van der Waals surface area contributed by atoms with Crippen molar-refractivity contribution in [1.29, 1.82) is 0 Å². The topological polar surface area (TPSA) is 140 Å². The molecule has 2 heterocycles. The smallest absolute Gasteiger partial charge is 0.328 e. The number of rotatable bonds is 14. The van der Waals surface area contributed by atoms with Crippen molar-refractivity contribution >= 4 is 28.9 Å². The molecule has 0 aliphatic heterocycles. The van der Waals surface area contributed by atoms with E-state index in [9.17, 15) is 14.4 Å². The van der Waals surface area contributed by atoms with Crippen LogP contribution in [0.2, 0.25) is 0 Å². The van der Waals surface area contributed by atoms with Crippen molar-refractivity contribution < 1.29 is 19.1 Å². The van der Waals surface area contributed by atoms with Gasteiger partial charge in [-0.15, -0.1) is 0 Å². The zero-order valence-electron chi connectivity index (χ0n) is 21.1. The van der Waals surface area contributed by atoms with Crippen molar-refractivity contribution in [3.8, 4) is 6.01 Å². The number of esters is 1. The van der Waals surface area contributed by atoms with Gasteiger partial charge in [-0.25, -0.2) is 4.79 Å². The molecule has 11 nitrogen and oxygen atoms in total. The Bertz CT molecular complexity index is 1240. The number of aromatic nitrogens is 4. The van der Waals surface area contributed by atoms with Crippen molar-refractivity contribution in [1.82, 2.24) is 24.8 Å². The number of anilines is 1. The van der Waals surface area contributed by atoms with Crippen LogP contribution < -0.4 is 21.1 Å². The van der Waals surface area contributed by atoms with E-state index < -0.39 is 5.69 Å². The molecule has 194 valence electrons. The van der Waals surface area contributed by atoms with E-state index in [1.54, 1.807) is 0 Å². The summed E-state index contributed by atoms with van der Waals surface area (Å²) in [4.78, 5) is 48.7. The molecule has 1 aromatic carbocycles. The molecule has 0 radical (unpaired) electrons. The van der Waals surface area contributed by atoms with Gasteiger partial charge in [-0.2, -0.15) is 9.97 Å². The minimum absolute atomic E-state index is 0.0913. The van der Waals surface area contributed by atoms with Crippen molar-refractivity contribution in [3.63, 3.8) is 0 Å². The number of aromatic amines is 1. The largest absolute Gasteiger partial charge is 0.469 e. The summed E-state index contributed by atoms with van der Waals surface area (Å²) >= 11 is 0. The Morgan fingerprint density at radius 2 is 1.94 bits per heavy atom. The number of unbranched alkanes of at least 4 members (excludes halogenated alkanes) is 2. The number of hydrogen-bond acceptors (Lipinski definition) is 8. The van der Waals surface area contributed by atoms with Crippen LogP contribution in [0.25, 0.3) is 11.2 Å². The fourth-order valence-electron chi connectivity index (χ4n) is 3.66. The second-order valence-electron chi connectivity index (χ2n) is 8.45. The zero-order chi connectivity index (χ0) is 25.9. The summed E-state index contributed by atoms with van der Waals surface area (Å²) in [6, 6.07) is 7.44. The predicted molar refractivity (Wildman–Crippen MR) is 136 cm³/mol. The van der Waals surface area contributed by atoms with Gasteiger partial charge in [0.25, 0.3) is 0 Å². The molecule has 3 rings (SSSR count). The number of carbonyl (C=O) groups is 2. The highest BCUT2D eigenvalue weighted by Crippen LogP contribution is 2.22. The third-order valence-corrected chi connectivity index (χ3v) is 5.58. The lowest BCUT2D eigenvalue weighted by Crippen LogP contribution is -2.18. The van der Waals surface area contributed by atoms with E-state index >= 15 is 0 Å². The Labute approximate surface area is 209 Å². The van der Waals surface area contributed by atoms with Gasteiger partial charge in [0.1, 0.15) is 5.52 Å². The Kier molecular flexibility index (Phi) is 9.99. The SMILES string of the molecule is CCCCOc1nc(NC(=O)CCCCNC)c2[nH]c(=O)n(Cc3cccc(CC(=O)OC)c3)c2n1. The Morgan fingerprint density at radius 1 is 1.14 bits per heavy atom. The van der Waals surface area contributed by atoms with Crippen LogP contribution in [-0.4, -0.2) is 58.7 Å². The molecule has 0 aliphatic rings. The summed E-state index contributed by atoms with van der Waals surface area (Å²) in [6.45, 7) is 3.50. The van der Waals surface area contributed by atoms with E-state index in [1.165, 1.54) is 11.7 Å². The van der Waals surface area contributed by atoms with Crippen LogP contribution in [0, 0.1) is 0 Å². The fourth-order valence-corrected chi connectivity index (χ4v) is 3.66. The molecule has 0 saturated heterocycles. The van der Waals surface area contributed by atoms with Crippen molar-refractivity contribution in [2.24, 2.45) is 0 Å². The standard InChI is InChI=1S/C25H34N6O5/c1-4-5-13-36-24-29-22(27-19(32)11-6-7-12-26-2)21-23(30-24)31(25(34)28-21)16-18-10-8-9-17(14-18)15-20(33)35-3/h8-10,14,26H,4-7,11-13,15-16H2,1-3H3,(H,28,34)(H,27,29,30,32). The van der Waals surface area contributed by atoms with Gasteiger partial charge in [-0.1, -0.05) is 37.6 Å². The van der Waals surface area contributed by atoms with Crippen molar-refractivity contribution in [2.45, 2.75) is 52.0 Å². The summed E-state index contributed by atoms with van der Waals surface area (Å²) in [6.07, 6.45) is 3.82. The quantitative estimate of drug-likeness (QED) is 0.227. The molecule has 1 amide bonds. The van der Waals surface area contributed by atoms with Crippen LogP contribution in [0.3, 0.4) is 0 Å². The first-order valence-corrected chi connectivity index (χ1v) is 12.2. The van der Waals surface area contributed by atoms with Crippen LogP contribution in [0.15, 0.2) is 29.1 Å². The minimum atomic E-state index is -0.395. The summed E-state index contributed by atoms with van der Waals surface area (Å²) in [5, 5.41) is 5.87. The first-order chi connectivity index (χ1) is 17.4.